The summed E-state index contributed by atoms with van der Waals surface area (Å²) in [6.07, 6.45) is 0. The third-order valence-electron chi connectivity index (χ3n) is 7.10. The Balaban J connectivity index is 1.82. The quantitative estimate of drug-likeness (QED) is 0.414. The fourth-order valence-electron chi connectivity index (χ4n) is 5.25. The smallest absolute Gasteiger partial charge is 0.331 e. The van der Waals surface area contributed by atoms with E-state index in [2.05, 4.69) is 9.88 Å². The molecule has 1 aliphatic rings. The average molecular weight is 479 g/mol. The van der Waals surface area contributed by atoms with Gasteiger partial charge in [-0.05, 0) is 42.3 Å². The first kappa shape index (κ1) is 22.0. The van der Waals surface area contributed by atoms with E-state index in [0.29, 0.717) is 10.9 Å². The predicted octanol–water partition coefficient (Wildman–Crippen LogP) is 4.53. The maximum absolute atomic E-state index is 13.7. The molecule has 2 aromatic heterocycles. The summed E-state index contributed by atoms with van der Waals surface area (Å²) < 4.78 is 10.3. The molecule has 0 saturated carbocycles. The largest absolute Gasteiger partial charge is 0.497 e. The zero-order valence-electron chi connectivity index (χ0n) is 20.6. The zero-order valence-corrected chi connectivity index (χ0v) is 20.6. The van der Waals surface area contributed by atoms with Crippen LogP contribution in [0.4, 0.5) is 5.69 Å². The fourth-order valence-corrected chi connectivity index (χ4v) is 5.25. The van der Waals surface area contributed by atoms with E-state index < -0.39 is 0 Å². The molecule has 3 aromatic carbocycles. The summed E-state index contributed by atoms with van der Waals surface area (Å²) >= 11 is 0. The highest BCUT2D eigenvalue weighted by atomic mass is 16.5. The Hall–Kier alpha value is -4.52. The van der Waals surface area contributed by atoms with E-state index in [4.69, 9.17) is 4.74 Å². The first-order chi connectivity index (χ1) is 17.4. The third-order valence-corrected chi connectivity index (χ3v) is 7.10. The molecule has 5 aromatic rings. The van der Waals surface area contributed by atoms with Crippen molar-refractivity contribution in [3.63, 3.8) is 0 Å². The number of nitrogens with one attached hydrogen (secondary N) is 1. The second-order valence-corrected chi connectivity index (χ2v) is 9.23. The summed E-state index contributed by atoms with van der Waals surface area (Å²) in [5.74, 6) is 0.761. The Morgan fingerprint density at radius 2 is 1.56 bits per heavy atom. The molecule has 0 radical (unpaired) electrons. The van der Waals surface area contributed by atoms with Gasteiger partial charge in [-0.2, -0.15) is 0 Å². The molecule has 1 atom stereocenters. The van der Waals surface area contributed by atoms with Gasteiger partial charge in [-0.25, -0.2) is 4.79 Å². The van der Waals surface area contributed by atoms with Gasteiger partial charge in [0, 0.05) is 14.1 Å². The number of nitrogens with zero attached hydrogens (tertiary/aromatic N) is 3. The van der Waals surface area contributed by atoms with E-state index in [1.54, 1.807) is 18.7 Å². The highest BCUT2D eigenvalue weighted by molar-refractivity contribution is 5.99. The van der Waals surface area contributed by atoms with Gasteiger partial charge in [-0.15, -0.1) is 0 Å². The summed E-state index contributed by atoms with van der Waals surface area (Å²) in [6, 6.07) is 23.8. The third kappa shape index (κ3) is 3.05. The van der Waals surface area contributed by atoms with E-state index in [-0.39, 0.29) is 17.3 Å². The summed E-state index contributed by atoms with van der Waals surface area (Å²) in [5, 5.41) is 4.19. The van der Waals surface area contributed by atoms with Crippen LogP contribution in [0.2, 0.25) is 0 Å². The summed E-state index contributed by atoms with van der Waals surface area (Å²) in [5.41, 5.74) is 6.51. The lowest BCUT2D eigenvalue weighted by Crippen LogP contribution is -2.37. The first-order valence-electron chi connectivity index (χ1n) is 11.8. The van der Waals surface area contributed by atoms with Crippen LogP contribution in [0.1, 0.15) is 22.9 Å². The van der Waals surface area contributed by atoms with Crippen LogP contribution in [0.5, 0.6) is 5.75 Å². The van der Waals surface area contributed by atoms with Gasteiger partial charge in [0.25, 0.3) is 5.56 Å². The highest BCUT2D eigenvalue weighted by Crippen LogP contribution is 2.45. The number of rotatable bonds is 3. The number of aryl methyl sites for hydroxylation is 2. The molecule has 6 rings (SSSR count). The molecular formula is C29H26N4O3. The molecule has 1 N–H and O–H groups in total. The Bertz CT molecular complexity index is 1760. The second-order valence-electron chi connectivity index (χ2n) is 9.23. The lowest BCUT2D eigenvalue weighted by Gasteiger charge is -2.31. The van der Waals surface area contributed by atoms with Gasteiger partial charge >= 0.3 is 5.69 Å². The summed E-state index contributed by atoms with van der Waals surface area (Å²) in [6.45, 7) is 2.04. The van der Waals surface area contributed by atoms with Crippen molar-refractivity contribution in [2.75, 3.05) is 12.4 Å². The zero-order chi connectivity index (χ0) is 25.1. The fraction of sp³-hybridized carbons (Fsp3) is 0.172. The van der Waals surface area contributed by atoms with Crippen molar-refractivity contribution in [3.8, 4) is 22.7 Å². The molecule has 3 heterocycles. The molecule has 1 aliphatic heterocycles. The Kier molecular flexibility index (Phi) is 4.89. The number of benzene rings is 3. The Morgan fingerprint density at radius 1 is 0.861 bits per heavy atom. The predicted molar refractivity (Wildman–Crippen MR) is 142 cm³/mol. The van der Waals surface area contributed by atoms with Crippen LogP contribution in [0.15, 0.2) is 82.4 Å². The summed E-state index contributed by atoms with van der Waals surface area (Å²) in [7, 11) is 4.91. The standard InChI is InChI=1S/C29H26N4O3/c1-17-9-11-19(12-10-17)25-23-26(31(2)29(35)32(3)28(23)34)27-24(18-13-15-20(36-4)16-14-18)30-21-7-5-6-8-22(21)33(25)27/h5-16,24,30H,1-4H3/t24-/m1/s1. The van der Waals surface area contributed by atoms with Gasteiger partial charge in [-0.1, -0.05) is 54.1 Å². The van der Waals surface area contributed by atoms with Gasteiger partial charge < -0.3 is 14.6 Å². The van der Waals surface area contributed by atoms with Gasteiger partial charge in [0.1, 0.15) is 5.75 Å². The van der Waals surface area contributed by atoms with Crippen molar-refractivity contribution < 1.29 is 4.74 Å². The molecule has 0 amide bonds. The van der Waals surface area contributed by atoms with E-state index in [1.165, 1.54) is 11.6 Å². The number of fused-ring (bicyclic) bond motifs is 5. The van der Waals surface area contributed by atoms with Crippen LogP contribution in [-0.4, -0.2) is 20.8 Å². The minimum absolute atomic E-state index is 0.301. The molecule has 7 heteroatoms. The summed E-state index contributed by atoms with van der Waals surface area (Å²) in [4.78, 5) is 26.8. The van der Waals surface area contributed by atoms with E-state index in [9.17, 15) is 9.59 Å². The van der Waals surface area contributed by atoms with Crippen molar-refractivity contribution in [2.24, 2.45) is 14.1 Å². The first-order valence-corrected chi connectivity index (χ1v) is 11.8. The molecule has 7 nitrogen and oxygen atoms in total. The number of ether oxygens (including phenoxy) is 1. The van der Waals surface area contributed by atoms with Crippen LogP contribution in [0.3, 0.4) is 0 Å². The van der Waals surface area contributed by atoms with E-state index in [0.717, 1.165) is 45.2 Å². The van der Waals surface area contributed by atoms with Crippen molar-refractivity contribution in [1.82, 2.24) is 13.7 Å². The normalized spacial score (nSPS) is 14.3. The molecule has 0 fully saturated rings. The van der Waals surface area contributed by atoms with Gasteiger partial charge in [0.05, 0.1) is 46.8 Å². The molecule has 0 saturated heterocycles. The minimum Gasteiger partial charge on any atom is -0.497 e. The van der Waals surface area contributed by atoms with Gasteiger partial charge in [0.2, 0.25) is 0 Å². The number of methoxy groups -OCH3 is 1. The van der Waals surface area contributed by atoms with Gasteiger partial charge in [-0.3, -0.25) is 13.9 Å². The van der Waals surface area contributed by atoms with Crippen molar-refractivity contribution in [2.45, 2.75) is 13.0 Å². The number of anilines is 1. The van der Waals surface area contributed by atoms with Crippen LogP contribution < -0.4 is 21.3 Å². The molecular weight excluding hydrogens is 452 g/mol. The minimum atomic E-state index is -0.358. The van der Waals surface area contributed by atoms with Crippen LogP contribution >= 0.6 is 0 Å². The Morgan fingerprint density at radius 3 is 2.25 bits per heavy atom. The number of para-hydroxylation sites is 2. The lowest BCUT2D eigenvalue weighted by molar-refractivity contribution is 0.414. The van der Waals surface area contributed by atoms with Crippen LogP contribution in [0.25, 0.3) is 27.8 Å². The topological polar surface area (TPSA) is 70.2 Å². The van der Waals surface area contributed by atoms with Crippen molar-refractivity contribution >= 4 is 16.6 Å². The van der Waals surface area contributed by atoms with Crippen LogP contribution in [0, 0.1) is 6.92 Å². The van der Waals surface area contributed by atoms with E-state index >= 15 is 0 Å². The molecule has 0 unspecified atom stereocenters. The SMILES string of the molecule is COc1ccc([C@H]2Nc3ccccc3-n3c(-c4ccc(C)cc4)c4c(=O)n(C)c(=O)n(C)c4c32)cc1. The second kappa shape index (κ2) is 8.02. The Labute approximate surface area is 207 Å². The number of hydrogen-bond acceptors (Lipinski definition) is 4. The average Bonchev–Trinajstić information content (AvgIpc) is 3.27. The van der Waals surface area contributed by atoms with Crippen LogP contribution in [-0.2, 0) is 14.1 Å². The van der Waals surface area contributed by atoms with Crippen molar-refractivity contribution in [1.29, 1.82) is 0 Å². The molecule has 0 spiro atoms. The number of hydrogen-bond donors (Lipinski definition) is 1. The molecule has 36 heavy (non-hydrogen) atoms. The molecule has 0 aliphatic carbocycles. The lowest BCUT2D eigenvalue weighted by atomic mass is 9.99. The molecule has 0 bridgehead atoms. The highest BCUT2D eigenvalue weighted by Gasteiger charge is 2.34. The van der Waals surface area contributed by atoms with E-state index in [1.807, 2.05) is 79.7 Å². The monoisotopic (exact) mass is 478 g/mol. The van der Waals surface area contributed by atoms with Gasteiger partial charge in [0.15, 0.2) is 0 Å². The maximum Gasteiger partial charge on any atom is 0.331 e. The molecule has 180 valence electrons. The number of aromatic nitrogens is 3. The van der Waals surface area contributed by atoms with Crippen molar-refractivity contribution in [3.05, 3.63) is 110 Å². The maximum atomic E-state index is 13.7.